The molecule has 71 valence electrons. The van der Waals surface area contributed by atoms with Crippen LogP contribution in [-0.4, -0.2) is 5.11 Å². The monoisotopic (exact) mass is 212 g/mol. The molecule has 0 atom stereocenters. The first-order chi connectivity index (χ1) is 6.00. The second-order valence-corrected chi connectivity index (χ2v) is 1.92. The van der Waals surface area contributed by atoms with E-state index in [9.17, 15) is 0 Å². The van der Waals surface area contributed by atoms with Crippen molar-refractivity contribution in [2.24, 2.45) is 0 Å². The van der Waals surface area contributed by atoms with Crippen LogP contribution in [0.15, 0.2) is 60.7 Å². The standard InChI is InChI=1S/2C5H5.CH3O.V/c2*1-2-4-5-3-1;1-2;/h2*1-5H;2H,1H2;/q3*-1;. The Kier molecular flexibility index (Phi) is 15.7. The van der Waals surface area contributed by atoms with Gasteiger partial charge in [-0.05, 0) is 0 Å². The van der Waals surface area contributed by atoms with Gasteiger partial charge in [-0.25, -0.2) is 31.4 Å². The topological polar surface area (TPSA) is 20.2 Å². The smallest absolute Gasteiger partial charge is 0 e. The van der Waals surface area contributed by atoms with Crippen LogP contribution in [0.2, 0.25) is 0 Å². The molecule has 0 heterocycles. The SMILES string of the molecule is [CH2-]O.[V].c1cc[cH-]c1.c1cc[cH-]c1. The molecule has 0 aliphatic heterocycles. The Morgan fingerprint density at radius 3 is 1.00 bits per heavy atom. The third-order valence-electron chi connectivity index (χ3n) is 1.11. The maximum absolute atomic E-state index is 6.75. The number of aliphatic hydroxyl groups excluding tert-OH is 1. The van der Waals surface area contributed by atoms with Gasteiger partial charge in [0.15, 0.2) is 0 Å². The van der Waals surface area contributed by atoms with Crippen LogP contribution in [-0.2, 0) is 18.6 Å². The zero-order chi connectivity index (χ0) is 9.07. The van der Waals surface area contributed by atoms with Crippen LogP contribution in [0.1, 0.15) is 0 Å². The van der Waals surface area contributed by atoms with E-state index in [4.69, 9.17) is 5.11 Å². The summed E-state index contributed by atoms with van der Waals surface area (Å²) in [6.45, 7) is 0. The van der Waals surface area contributed by atoms with Crippen molar-refractivity contribution < 1.29 is 23.7 Å². The average molecular weight is 212 g/mol. The second kappa shape index (κ2) is 13.8. The van der Waals surface area contributed by atoms with Crippen LogP contribution in [0.25, 0.3) is 0 Å². The summed E-state index contributed by atoms with van der Waals surface area (Å²) in [5, 5.41) is 6.75. The Morgan fingerprint density at radius 2 is 0.923 bits per heavy atom. The minimum absolute atomic E-state index is 0. The fourth-order valence-electron chi connectivity index (χ4n) is 0.642. The number of hydrogen-bond acceptors (Lipinski definition) is 1. The van der Waals surface area contributed by atoms with E-state index in [1.54, 1.807) is 0 Å². The molecule has 2 rings (SSSR count). The molecule has 2 aromatic rings. The van der Waals surface area contributed by atoms with E-state index in [0.29, 0.717) is 0 Å². The zero-order valence-electron chi connectivity index (χ0n) is 7.38. The molecule has 0 aliphatic carbocycles. The van der Waals surface area contributed by atoms with Gasteiger partial charge in [-0.1, -0.05) is 0 Å². The van der Waals surface area contributed by atoms with E-state index >= 15 is 0 Å². The molecule has 0 fully saturated rings. The van der Waals surface area contributed by atoms with Gasteiger partial charge in [0.1, 0.15) is 0 Å². The number of hydrogen-bond donors (Lipinski definition) is 1. The Hall–Kier alpha value is -0.756. The molecule has 0 saturated carbocycles. The summed E-state index contributed by atoms with van der Waals surface area (Å²) >= 11 is 0. The van der Waals surface area contributed by atoms with Crippen molar-refractivity contribution in [3.8, 4) is 0 Å². The van der Waals surface area contributed by atoms with Crippen LogP contribution >= 0.6 is 0 Å². The maximum Gasteiger partial charge on any atom is 0 e. The molecule has 0 bridgehead atoms. The summed E-state index contributed by atoms with van der Waals surface area (Å²) in [5.41, 5.74) is 0. The van der Waals surface area contributed by atoms with Gasteiger partial charge in [-0.3, -0.25) is 0 Å². The minimum Gasteiger partial charge on any atom is -0.569 e. The average Bonchev–Trinajstić information content (AvgIpc) is 2.87. The van der Waals surface area contributed by atoms with Crippen LogP contribution in [0, 0.1) is 7.11 Å². The summed E-state index contributed by atoms with van der Waals surface area (Å²) in [6.07, 6.45) is 0. The first-order valence-corrected chi connectivity index (χ1v) is 3.65. The predicted molar refractivity (Wildman–Crippen MR) is 51.4 cm³/mol. The van der Waals surface area contributed by atoms with Gasteiger partial charge >= 0.3 is 0 Å². The van der Waals surface area contributed by atoms with Gasteiger partial charge in [-0.15, -0.1) is 0 Å². The Morgan fingerprint density at radius 1 is 0.692 bits per heavy atom. The summed E-state index contributed by atoms with van der Waals surface area (Å²) in [7, 11) is 2.25. The Bertz CT molecular complexity index is 149. The number of aliphatic hydroxyl groups is 1. The summed E-state index contributed by atoms with van der Waals surface area (Å²) < 4.78 is 0. The van der Waals surface area contributed by atoms with Crippen molar-refractivity contribution in [3.05, 3.63) is 67.8 Å². The van der Waals surface area contributed by atoms with E-state index in [2.05, 4.69) is 7.11 Å². The van der Waals surface area contributed by atoms with Gasteiger partial charge in [0.05, 0.1) is 0 Å². The predicted octanol–water partition coefficient (Wildman–Crippen LogP) is 2.96. The molecule has 13 heavy (non-hydrogen) atoms. The molecule has 1 N–H and O–H groups in total. The molecule has 1 radical (unpaired) electrons. The Labute approximate surface area is 91.6 Å². The molecular weight excluding hydrogens is 199 g/mol. The number of rotatable bonds is 0. The van der Waals surface area contributed by atoms with Crippen molar-refractivity contribution in [2.75, 3.05) is 0 Å². The third kappa shape index (κ3) is 11.2. The molecule has 1 nitrogen and oxygen atoms in total. The summed E-state index contributed by atoms with van der Waals surface area (Å²) in [6, 6.07) is 20.0. The van der Waals surface area contributed by atoms with Crippen molar-refractivity contribution in [1.29, 1.82) is 0 Å². The summed E-state index contributed by atoms with van der Waals surface area (Å²) in [4.78, 5) is 0. The first kappa shape index (κ1) is 14.8. The molecule has 0 amide bonds. The van der Waals surface area contributed by atoms with E-state index < -0.39 is 0 Å². The van der Waals surface area contributed by atoms with E-state index in [1.165, 1.54) is 0 Å². The van der Waals surface area contributed by atoms with E-state index in [0.717, 1.165) is 0 Å². The summed E-state index contributed by atoms with van der Waals surface area (Å²) in [5.74, 6) is 0. The van der Waals surface area contributed by atoms with E-state index in [1.807, 2.05) is 60.7 Å². The molecule has 2 aromatic carbocycles. The van der Waals surface area contributed by atoms with Crippen molar-refractivity contribution >= 4 is 0 Å². The minimum atomic E-state index is 0. The molecule has 2 heteroatoms. The van der Waals surface area contributed by atoms with Gasteiger partial charge in [0, 0.05) is 18.6 Å². The normalized spacial score (nSPS) is 6.62. The van der Waals surface area contributed by atoms with Crippen molar-refractivity contribution in [2.45, 2.75) is 0 Å². The molecule has 0 aliphatic rings. The fraction of sp³-hybridized carbons (Fsp3) is 0. The van der Waals surface area contributed by atoms with Crippen molar-refractivity contribution in [1.82, 2.24) is 0 Å². The van der Waals surface area contributed by atoms with Crippen LogP contribution in [0.4, 0.5) is 0 Å². The first-order valence-electron chi connectivity index (χ1n) is 3.65. The second-order valence-electron chi connectivity index (χ2n) is 1.92. The quantitative estimate of drug-likeness (QED) is 0.665. The Balaban J connectivity index is 0. The van der Waals surface area contributed by atoms with Crippen LogP contribution in [0.3, 0.4) is 0 Å². The fourth-order valence-corrected chi connectivity index (χ4v) is 0.642. The van der Waals surface area contributed by atoms with Gasteiger partial charge in [0.2, 0.25) is 0 Å². The van der Waals surface area contributed by atoms with Crippen molar-refractivity contribution in [3.63, 3.8) is 0 Å². The van der Waals surface area contributed by atoms with Crippen LogP contribution < -0.4 is 0 Å². The molecule has 0 saturated heterocycles. The zero-order valence-corrected chi connectivity index (χ0v) is 8.77. The molecule has 0 unspecified atom stereocenters. The molecular formula is C11H13OV-3. The largest absolute Gasteiger partial charge is 0.569 e. The van der Waals surface area contributed by atoms with Gasteiger partial charge in [0.25, 0.3) is 0 Å². The van der Waals surface area contributed by atoms with E-state index in [-0.39, 0.29) is 18.6 Å². The molecule has 0 spiro atoms. The maximum atomic E-state index is 6.75. The third-order valence-corrected chi connectivity index (χ3v) is 1.11. The molecule has 0 aromatic heterocycles. The van der Waals surface area contributed by atoms with Gasteiger partial charge in [-0.2, -0.15) is 36.4 Å². The van der Waals surface area contributed by atoms with Crippen LogP contribution in [0.5, 0.6) is 0 Å². The van der Waals surface area contributed by atoms with Gasteiger partial charge < -0.3 is 5.11 Å².